The van der Waals surface area contributed by atoms with E-state index < -0.39 is 11.8 Å². The highest BCUT2D eigenvalue weighted by Crippen LogP contribution is 2.29. The van der Waals surface area contributed by atoms with Crippen LogP contribution in [0.4, 0.5) is 4.39 Å². The van der Waals surface area contributed by atoms with E-state index in [0.29, 0.717) is 41.8 Å². The summed E-state index contributed by atoms with van der Waals surface area (Å²) < 4.78 is 23.2. The minimum Gasteiger partial charge on any atom is -0.478 e. The van der Waals surface area contributed by atoms with Gasteiger partial charge in [0.1, 0.15) is 5.82 Å². The maximum absolute atomic E-state index is 15.3. The lowest BCUT2D eigenvalue weighted by Gasteiger charge is -2.18. The number of carboxylic acid groups (broad SMARTS) is 1. The van der Waals surface area contributed by atoms with Crippen LogP contribution >= 0.6 is 12.6 Å². The molecule has 0 aliphatic rings. The first kappa shape index (κ1) is 30.2. The van der Waals surface area contributed by atoms with E-state index in [9.17, 15) is 14.7 Å². The molecule has 1 atom stereocenters. The van der Waals surface area contributed by atoms with Crippen LogP contribution in [0, 0.1) is 17.7 Å². The fraction of sp³-hybridized carbons (Fsp3) is 0.433. The molecule has 2 N–H and O–H groups in total. The Balaban J connectivity index is 1.93. The number of thiol groups is 1. The minimum absolute atomic E-state index is 0.0385. The minimum atomic E-state index is -1.11. The Hall–Kier alpha value is -3.33. The Bertz CT molecular complexity index is 1290. The Kier molecular flexibility index (Phi) is 11.0. The van der Waals surface area contributed by atoms with E-state index in [0.717, 1.165) is 24.2 Å². The van der Waals surface area contributed by atoms with E-state index in [1.54, 1.807) is 30.3 Å². The second-order valence-electron chi connectivity index (χ2n) is 9.97. The van der Waals surface area contributed by atoms with Gasteiger partial charge in [-0.1, -0.05) is 58.0 Å². The van der Waals surface area contributed by atoms with Crippen molar-refractivity contribution in [2.75, 3.05) is 12.4 Å². The number of nitrogens with one attached hydrogen (secondary N) is 1. The number of carbonyl (C=O) groups excluding carboxylic acids is 1. The first-order valence-electron chi connectivity index (χ1n) is 13.4. The maximum Gasteiger partial charge on any atom is 0.336 e. The average Bonchev–Trinajstić information content (AvgIpc) is 3.24. The van der Waals surface area contributed by atoms with Gasteiger partial charge in [-0.15, -0.1) is 0 Å². The second kappa shape index (κ2) is 14.2. The van der Waals surface area contributed by atoms with Gasteiger partial charge in [0.15, 0.2) is 0 Å². The number of hydrogen-bond acceptors (Lipinski definition) is 5. The molecule has 0 saturated heterocycles. The van der Waals surface area contributed by atoms with Crippen molar-refractivity contribution in [3.8, 4) is 17.1 Å². The fourth-order valence-electron chi connectivity index (χ4n) is 4.57. The van der Waals surface area contributed by atoms with Gasteiger partial charge in [0, 0.05) is 17.2 Å². The highest BCUT2D eigenvalue weighted by molar-refractivity contribution is 7.80. The zero-order valence-corrected chi connectivity index (χ0v) is 23.9. The number of carbonyl (C=O) groups is 2. The highest BCUT2D eigenvalue weighted by Gasteiger charge is 2.22. The number of amides is 1. The molecular weight excluding hydrogens is 517 g/mol. The summed E-state index contributed by atoms with van der Waals surface area (Å²) in [7, 11) is 0. The van der Waals surface area contributed by atoms with Crippen molar-refractivity contribution in [3.05, 3.63) is 70.8 Å². The van der Waals surface area contributed by atoms with Gasteiger partial charge in [-0.05, 0) is 48.4 Å². The number of hydrogen-bond donors (Lipinski definition) is 3. The van der Waals surface area contributed by atoms with Gasteiger partial charge < -0.3 is 15.2 Å². The molecule has 0 aliphatic heterocycles. The van der Waals surface area contributed by atoms with Crippen LogP contribution in [0.1, 0.15) is 67.8 Å². The second-order valence-corrected chi connectivity index (χ2v) is 10.3. The fourth-order valence-corrected chi connectivity index (χ4v) is 4.88. The number of aromatic nitrogens is 2. The average molecular weight is 556 g/mol. The van der Waals surface area contributed by atoms with Crippen LogP contribution in [0.25, 0.3) is 11.1 Å². The summed E-state index contributed by atoms with van der Waals surface area (Å²) in [6.07, 6.45) is 2.18. The molecule has 2 aromatic carbocycles. The quantitative estimate of drug-likeness (QED) is 0.212. The van der Waals surface area contributed by atoms with Crippen LogP contribution < -0.4 is 10.1 Å². The Morgan fingerprint density at radius 2 is 1.90 bits per heavy atom. The Morgan fingerprint density at radius 3 is 2.51 bits per heavy atom. The molecule has 0 unspecified atom stereocenters. The predicted octanol–water partition coefficient (Wildman–Crippen LogP) is 6.00. The number of nitrogens with zero attached hydrogens (tertiary/aromatic N) is 2. The number of aryl methyl sites for hydroxylation is 1. The summed E-state index contributed by atoms with van der Waals surface area (Å²) in [5.41, 5.74) is 2.85. The molecule has 210 valence electrons. The van der Waals surface area contributed by atoms with Crippen molar-refractivity contribution in [2.45, 2.75) is 60.0 Å². The van der Waals surface area contributed by atoms with E-state index in [4.69, 9.17) is 4.74 Å². The number of ether oxygens (including phenoxy) is 1. The van der Waals surface area contributed by atoms with Gasteiger partial charge in [0.25, 0.3) is 6.01 Å². The van der Waals surface area contributed by atoms with Crippen LogP contribution in [0.15, 0.2) is 42.5 Å². The van der Waals surface area contributed by atoms with Crippen LogP contribution in [0.2, 0.25) is 0 Å². The summed E-state index contributed by atoms with van der Waals surface area (Å²) in [4.78, 5) is 29.2. The molecule has 3 aromatic rings. The zero-order chi connectivity index (χ0) is 28.5. The first-order valence-corrected chi connectivity index (χ1v) is 14.0. The zero-order valence-electron chi connectivity index (χ0n) is 23.0. The molecule has 1 aromatic heterocycles. The van der Waals surface area contributed by atoms with Crippen molar-refractivity contribution in [2.24, 2.45) is 11.8 Å². The van der Waals surface area contributed by atoms with Crippen LogP contribution in [-0.2, 0) is 24.3 Å². The number of halogens is 1. The molecule has 0 spiro atoms. The SMILES string of the molecule is CCCOc1nc(CC)c(CNC(=O)[C@@H](CS)CC(C)C)n1Cc1ccc(-c2ccccc2C(=O)O)c(F)c1. The van der Waals surface area contributed by atoms with Crippen LogP contribution in [-0.4, -0.2) is 38.9 Å². The lowest BCUT2D eigenvalue weighted by atomic mass is 9.98. The normalized spacial score (nSPS) is 12.0. The molecule has 0 fully saturated rings. The Labute approximate surface area is 235 Å². The van der Waals surface area contributed by atoms with Gasteiger partial charge in [-0.2, -0.15) is 17.6 Å². The smallest absolute Gasteiger partial charge is 0.336 e. The molecule has 7 nitrogen and oxygen atoms in total. The molecule has 0 aliphatic carbocycles. The summed E-state index contributed by atoms with van der Waals surface area (Å²) in [6, 6.07) is 11.6. The molecular formula is C30H38FN3O4S. The van der Waals surface area contributed by atoms with E-state index in [-0.39, 0.29) is 36.0 Å². The van der Waals surface area contributed by atoms with E-state index in [1.807, 2.05) is 18.4 Å². The van der Waals surface area contributed by atoms with Crippen LogP contribution in [0.3, 0.4) is 0 Å². The van der Waals surface area contributed by atoms with Gasteiger partial charge in [0.05, 0.1) is 36.6 Å². The number of rotatable bonds is 14. The number of carboxylic acids is 1. The van der Waals surface area contributed by atoms with Crippen molar-refractivity contribution >= 4 is 24.5 Å². The summed E-state index contributed by atoms with van der Waals surface area (Å²) in [5, 5.41) is 12.6. The predicted molar refractivity (Wildman–Crippen MR) is 154 cm³/mol. The molecule has 1 amide bonds. The maximum atomic E-state index is 15.3. The van der Waals surface area contributed by atoms with Gasteiger partial charge in [-0.3, -0.25) is 9.36 Å². The Morgan fingerprint density at radius 1 is 1.15 bits per heavy atom. The molecule has 39 heavy (non-hydrogen) atoms. The van der Waals surface area contributed by atoms with Gasteiger partial charge in [0.2, 0.25) is 5.91 Å². The lowest BCUT2D eigenvalue weighted by Crippen LogP contribution is -2.33. The summed E-state index contributed by atoms with van der Waals surface area (Å²) in [5.74, 6) is -1.05. The molecule has 3 rings (SSSR count). The topological polar surface area (TPSA) is 93.5 Å². The molecule has 0 saturated carbocycles. The summed E-state index contributed by atoms with van der Waals surface area (Å²) in [6.45, 7) is 9.17. The van der Waals surface area contributed by atoms with E-state index in [2.05, 4.69) is 36.8 Å². The number of benzene rings is 2. The third-order valence-electron chi connectivity index (χ3n) is 6.49. The largest absolute Gasteiger partial charge is 0.478 e. The third kappa shape index (κ3) is 7.62. The van der Waals surface area contributed by atoms with Gasteiger partial charge in [-0.25, -0.2) is 9.18 Å². The molecule has 9 heteroatoms. The van der Waals surface area contributed by atoms with Crippen molar-refractivity contribution < 1.29 is 23.8 Å². The van der Waals surface area contributed by atoms with Crippen LogP contribution in [0.5, 0.6) is 6.01 Å². The van der Waals surface area contributed by atoms with Crippen molar-refractivity contribution in [3.63, 3.8) is 0 Å². The lowest BCUT2D eigenvalue weighted by molar-refractivity contribution is -0.125. The summed E-state index contributed by atoms with van der Waals surface area (Å²) >= 11 is 4.37. The monoisotopic (exact) mass is 555 g/mol. The number of imidazole rings is 1. The molecule has 0 bridgehead atoms. The van der Waals surface area contributed by atoms with E-state index >= 15 is 4.39 Å². The molecule has 0 radical (unpaired) electrons. The van der Waals surface area contributed by atoms with E-state index in [1.165, 1.54) is 12.1 Å². The van der Waals surface area contributed by atoms with Crippen molar-refractivity contribution in [1.29, 1.82) is 0 Å². The first-order chi connectivity index (χ1) is 18.7. The highest BCUT2D eigenvalue weighted by atomic mass is 32.1. The van der Waals surface area contributed by atoms with Gasteiger partial charge >= 0.3 is 5.97 Å². The van der Waals surface area contributed by atoms with Crippen molar-refractivity contribution in [1.82, 2.24) is 14.9 Å². The number of aromatic carboxylic acids is 1. The third-order valence-corrected chi connectivity index (χ3v) is 6.93. The molecule has 1 heterocycles. The standard InChI is InChI=1S/C30H38FN3O4S/c1-5-13-38-30-33-26(6-2)27(16-32-28(35)21(18-39)14-19(3)4)34(30)17-20-11-12-23(25(31)15-20)22-9-7-8-10-24(22)29(36)37/h7-12,15,19,21,39H,5-6,13-14,16-18H2,1-4H3,(H,32,35)(H,36,37)/t21-/m1/s1.